The molecule has 21 heavy (non-hydrogen) atoms. The number of benzene rings is 1. The Kier molecular flexibility index (Phi) is 7.83. The molecule has 2 rings (SSSR count). The first kappa shape index (κ1) is 17.5. The first-order valence-electron chi connectivity index (χ1n) is 7.65. The molecule has 0 aromatic heterocycles. The number of aliphatic hydroxyl groups excluding tert-OH is 1. The van der Waals surface area contributed by atoms with Crippen molar-refractivity contribution in [3.63, 3.8) is 0 Å². The summed E-state index contributed by atoms with van der Waals surface area (Å²) in [6.07, 6.45) is 8.35. The third-order valence-electron chi connectivity index (χ3n) is 3.56. The highest BCUT2D eigenvalue weighted by molar-refractivity contribution is 5.62. The molecule has 118 valence electrons. The van der Waals surface area contributed by atoms with Crippen molar-refractivity contribution >= 4 is 5.97 Å². The van der Waals surface area contributed by atoms with Crippen LogP contribution in [0.1, 0.15) is 63.5 Å². The van der Waals surface area contributed by atoms with Crippen molar-refractivity contribution in [1.82, 2.24) is 0 Å². The van der Waals surface area contributed by atoms with E-state index in [1.165, 1.54) is 32.1 Å². The largest absolute Gasteiger partial charge is 0.508 e. The number of carbonyl (C=O) groups is 1. The number of phenols is 1. The summed E-state index contributed by atoms with van der Waals surface area (Å²) < 4.78 is 0. The predicted molar refractivity (Wildman–Crippen MR) is 82.2 cm³/mol. The number of hydrogen-bond acceptors (Lipinski definition) is 3. The van der Waals surface area contributed by atoms with E-state index in [4.69, 9.17) is 15.0 Å². The molecule has 1 aromatic rings. The van der Waals surface area contributed by atoms with Gasteiger partial charge in [-0.3, -0.25) is 4.79 Å². The van der Waals surface area contributed by atoms with Crippen LogP contribution in [0.4, 0.5) is 0 Å². The second kappa shape index (κ2) is 9.40. The molecule has 1 aliphatic rings. The molecule has 0 heterocycles. The lowest BCUT2D eigenvalue weighted by molar-refractivity contribution is -0.134. The quantitative estimate of drug-likeness (QED) is 0.667. The van der Waals surface area contributed by atoms with Gasteiger partial charge in [0.1, 0.15) is 5.75 Å². The van der Waals surface area contributed by atoms with Gasteiger partial charge in [-0.05, 0) is 30.0 Å². The molecule has 0 aliphatic heterocycles. The molecule has 0 spiro atoms. The number of unbranched alkanes of at least 4 members (excludes halogenated alkanes) is 2. The number of aliphatic carboxylic acids is 1. The highest BCUT2D eigenvalue weighted by Gasteiger charge is 2.19. The number of phenolic OH excluding ortho intramolecular Hbond substituents is 1. The van der Waals surface area contributed by atoms with E-state index < -0.39 is 5.97 Å². The summed E-state index contributed by atoms with van der Waals surface area (Å²) in [5.74, 6) is 0.447. The summed E-state index contributed by atoms with van der Waals surface area (Å²) in [7, 11) is 0. The standard InChI is InChI=1S/C15H22O2.C2H4O2/c16-14-10-8-13(9-11-14)15(17)5-3-1-2-4-12-6-7-12;1-2(3)4/h8-12,15-17H,1-7H2;1H3,(H,3,4). The Morgan fingerprint density at radius 1 is 1.19 bits per heavy atom. The number of aliphatic hydroxyl groups is 1. The zero-order chi connectivity index (χ0) is 15.7. The van der Waals surface area contributed by atoms with E-state index in [1.54, 1.807) is 24.3 Å². The number of aromatic hydroxyl groups is 1. The summed E-state index contributed by atoms with van der Waals surface area (Å²) in [6.45, 7) is 1.08. The average Bonchev–Trinajstić information content (AvgIpc) is 3.22. The van der Waals surface area contributed by atoms with Gasteiger partial charge in [0.05, 0.1) is 6.10 Å². The van der Waals surface area contributed by atoms with Gasteiger partial charge in [-0.2, -0.15) is 0 Å². The summed E-state index contributed by atoms with van der Waals surface area (Å²) in [5, 5.41) is 26.5. The molecular formula is C17H26O4. The van der Waals surface area contributed by atoms with E-state index in [-0.39, 0.29) is 11.9 Å². The van der Waals surface area contributed by atoms with Crippen LogP contribution in [0.3, 0.4) is 0 Å². The van der Waals surface area contributed by atoms with E-state index in [0.29, 0.717) is 0 Å². The molecule has 4 heteroatoms. The van der Waals surface area contributed by atoms with Crippen molar-refractivity contribution in [1.29, 1.82) is 0 Å². The minimum Gasteiger partial charge on any atom is -0.508 e. The zero-order valence-electron chi connectivity index (χ0n) is 12.7. The smallest absolute Gasteiger partial charge is 0.300 e. The van der Waals surface area contributed by atoms with E-state index >= 15 is 0 Å². The molecule has 1 fully saturated rings. The Morgan fingerprint density at radius 3 is 2.29 bits per heavy atom. The Balaban J connectivity index is 0.000000491. The highest BCUT2D eigenvalue weighted by atomic mass is 16.4. The Hall–Kier alpha value is -1.55. The van der Waals surface area contributed by atoms with Crippen molar-refractivity contribution in [2.75, 3.05) is 0 Å². The second-order valence-electron chi connectivity index (χ2n) is 5.71. The van der Waals surface area contributed by atoms with Gasteiger partial charge in [0.25, 0.3) is 5.97 Å². The van der Waals surface area contributed by atoms with Gasteiger partial charge in [0.15, 0.2) is 0 Å². The van der Waals surface area contributed by atoms with Crippen LogP contribution < -0.4 is 0 Å². The maximum absolute atomic E-state index is 9.95. The number of carboxylic acids is 1. The molecule has 3 N–H and O–H groups in total. The molecule has 1 unspecified atom stereocenters. The molecule has 1 aromatic carbocycles. The van der Waals surface area contributed by atoms with Crippen molar-refractivity contribution in [3.05, 3.63) is 29.8 Å². The van der Waals surface area contributed by atoms with Gasteiger partial charge in [-0.1, -0.05) is 50.7 Å². The van der Waals surface area contributed by atoms with Crippen molar-refractivity contribution in [2.45, 2.75) is 58.0 Å². The molecule has 4 nitrogen and oxygen atoms in total. The third-order valence-corrected chi connectivity index (χ3v) is 3.56. The summed E-state index contributed by atoms with van der Waals surface area (Å²) in [5.41, 5.74) is 0.907. The highest BCUT2D eigenvalue weighted by Crippen LogP contribution is 2.34. The topological polar surface area (TPSA) is 77.8 Å². The fourth-order valence-corrected chi connectivity index (χ4v) is 2.22. The summed E-state index contributed by atoms with van der Waals surface area (Å²) in [6, 6.07) is 6.85. The first-order valence-corrected chi connectivity index (χ1v) is 7.65. The number of carboxylic acid groups (broad SMARTS) is 1. The first-order chi connectivity index (χ1) is 9.99. The maximum atomic E-state index is 9.95. The van der Waals surface area contributed by atoms with Crippen molar-refractivity contribution in [3.8, 4) is 5.75 Å². The summed E-state index contributed by atoms with van der Waals surface area (Å²) in [4.78, 5) is 9.00. The SMILES string of the molecule is CC(=O)O.Oc1ccc(C(O)CCCCCC2CC2)cc1. The number of hydrogen-bond donors (Lipinski definition) is 3. The molecule has 0 bridgehead atoms. The lowest BCUT2D eigenvalue weighted by Gasteiger charge is -2.10. The lowest BCUT2D eigenvalue weighted by Crippen LogP contribution is -1.97. The molecule has 1 aliphatic carbocycles. The predicted octanol–water partition coefficient (Wildman–Crippen LogP) is 3.88. The monoisotopic (exact) mass is 294 g/mol. The van der Waals surface area contributed by atoms with Crippen LogP contribution in [0.25, 0.3) is 0 Å². The van der Waals surface area contributed by atoms with Gasteiger partial charge in [0.2, 0.25) is 0 Å². The molecule has 0 amide bonds. The van der Waals surface area contributed by atoms with Crippen LogP contribution in [0, 0.1) is 5.92 Å². The van der Waals surface area contributed by atoms with Gasteiger partial charge in [-0.25, -0.2) is 0 Å². The zero-order valence-corrected chi connectivity index (χ0v) is 12.7. The second-order valence-corrected chi connectivity index (χ2v) is 5.71. The minimum absolute atomic E-state index is 0.255. The Bertz CT molecular complexity index is 405. The van der Waals surface area contributed by atoms with E-state index in [1.807, 2.05) is 0 Å². The van der Waals surface area contributed by atoms with Crippen LogP contribution in [0.15, 0.2) is 24.3 Å². The lowest BCUT2D eigenvalue weighted by atomic mass is 10.0. The van der Waals surface area contributed by atoms with E-state index in [2.05, 4.69) is 0 Å². The van der Waals surface area contributed by atoms with Crippen LogP contribution in [0.5, 0.6) is 5.75 Å². The van der Waals surface area contributed by atoms with Crippen molar-refractivity contribution in [2.24, 2.45) is 5.92 Å². The van der Waals surface area contributed by atoms with Gasteiger partial charge < -0.3 is 15.3 Å². The Labute approximate surface area is 126 Å². The third kappa shape index (κ3) is 9.08. The van der Waals surface area contributed by atoms with Crippen LogP contribution in [-0.4, -0.2) is 21.3 Å². The van der Waals surface area contributed by atoms with Gasteiger partial charge >= 0.3 is 0 Å². The van der Waals surface area contributed by atoms with Gasteiger partial charge in [0, 0.05) is 6.92 Å². The Morgan fingerprint density at radius 2 is 1.76 bits per heavy atom. The average molecular weight is 294 g/mol. The van der Waals surface area contributed by atoms with E-state index in [0.717, 1.165) is 31.2 Å². The van der Waals surface area contributed by atoms with E-state index in [9.17, 15) is 5.11 Å². The van der Waals surface area contributed by atoms with Crippen molar-refractivity contribution < 1.29 is 20.1 Å². The molecule has 1 saturated carbocycles. The molecule has 0 saturated heterocycles. The number of rotatable bonds is 7. The van der Waals surface area contributed by atoms with Crippen LogP contribution >= 0.6 is 0 Å². The molecule has 1 atom stereocenters. The van der Waals surface area contributed by atoms with Crippen LogP contribution in [-0.2, 0) is 4.79 Å². The maximum Gasteiger partial charge on any atom is 0.300 e. The summed E-state index contributed by atoms with van der Waals surface area (Å²) >= 11 is 0. The van der Waals surface area contributed by atoms with Crippen LogP contribution in [0.2, 0.25) is 0 Å². The normalized spacial score (nSPS) is 15.0. The minimum atomic E-state index is -0.833. The fraction of sp³-hybridized carbons (Fsp3) is 0.588. The molecular weight excluding hydrogens is 268 g/mol. The fourth-order valence-electron chi connectivity index (χ4n) is 2.22. The molecule has 0 radical (unpaired) electrons. The van der Waals surface area contributed by atoms with Gasteiger partial charge in [-0.15, -0.1) is 0 Å².